The Morgan fingerprint density at radius 1 is 1.29 bits per heavy atom. The molecular weight excluding hydrogens is 214 g/mol. The molecule has 4 nitrogen and oxygen atoms in total. The van der Waals surface area contributed by atoms with Crippen LogP contribution < -0.4 is 10.1 Å². The van der Waals surface area contributed by atoms with Crippen molar-refractivity contribution in [1.82, 2.24) is 15.3 Å². The zero-order valence-electron chi connectivity index (χ0n) is 10.4. The average Bonchev–Trinajstić information content (AvgIpc) is 2.35. The number of likely N-dealkylation sites (N-methyl/N-ethyl adjacent to an activating group) is 1. The quantitative estimate of drug-likeness (QED) is 0.870. The summed E-state index contributed by atoms with van der Waals surface area (Å²) in [6, 6.07) is 5.89. The van der Waals surface area contributed by atoms with E-state index in [9.17, 15) is 0 Å². The van der Waals surface area contributed by atoms with Crippen molar-refractivity contribution in [3.8, 4) is 5.75 Å². The fourth-order valence-electron chi connectivity index (χ4n) is 1.80. The predicted octanol–water partition coefficient (Wildman–Crippen LogP) is 1.71. The molecule has 0 unspecified atom stereocenters. The van der Waals surface area contributed by atoms with Gasteiger partial charge in [-0.05, 0) is 26.1 Å². The van der Waals surface area contributed by atoms with Crippen LogP contribution in [0.25, 0.3) is 10.9 Å². The Hall–Kier alpha value is -1.68. The average molecular weight is 231 g/mol. The maximum Gasteiger partial charge on any atom is 0.130 e. The first-order valence-electron chi connectivity index (χ1n) is 5.70. The Morgan fingerprint density at radius 2 is 2.12 bits per heavy atom. The Bertz CT molecular complexity index is 525. The van der Waals surface area contributed by atoms with Gasteiger partial charge in [-0.1, -0.05) is 0 Å². The summed E-state index contributed by atoms with van der Waals surface area (Å²) in [4.78, 5) is 9.05. The summed E-state index contributed by atoms with van der Waals surface area (Å²) >= 11 is 0. The largest absolute Gasteiger partial charge is 0.497 e. The molecule has 2 aromatic rings. The van der Waals surface area contributed by atoms with Gasteiger partial charge in [0.15, 0.2) is 0 Å². The van der Waals surface area contributed by atoms with Gasteiger partial charge in [0.25, 0.3) is 0 Å². The van der Waals surface area contributed by atoms with E-state index in [4.69, 9.17) is 4.74 Å². The van der Waals surface area contributed by atoms with Crippen LogP contribution in [-0.2, 0) is 6.42 Å². The van der Waals surface area contributed by atoms with Gasteiger partial charge >= 0.3 is 0 Å². The van der Waals surface area contributed by atoms with Crippen molar-refractivity contribution in [2.45, 2.75) is 13.3 Å². The van der Waals surface area contributed by atoms with Crippen LogP contribution in [0, 0.1) is 6.92 Å². The van der Waals surface area contributed by atoms with E-state index < -0.39 is 0 Å². The first kappa shape index (κ1) is 11.8. The van der Waals surface area contributed by atoms with Crippen molar-refractivity contribution in [1.29, 1.82) is 0 Å². The number of aryl methyl sites for hydroxylation is 1. The molecule has 0 aliphatic rings. The maximum absolute atomic E-state index is 5.21. The number of nitrogens with one attached hydrogen (secondary N) is 1. The number of fused-ring (bicyclic) bond motifs is 1. The van der Waals surface area contributed by atoms with Crippen LogP contribution in [0.15, 0.2) is 18.2 Å². The van der Waals surface area contributed by atoms with Gasteiger partial charge in [-0.3, -0.25) is 0 Å². The maximum atomic E-state index is 5.21. The summed E-state index contributed by atoms with van der Waals surface area (Å²) in [6.45, 7) is 2.90. The second-order valence-electron chi connectivity index (χ2n) is 3.96. The fourth-order valence-corrected chi connectivity index (χ4v) is 1.80. The van der Waals surface area contributed by atoms with Crippen LogP contribution in [0.1, 0.15) is 11.5 Å². The number of nitrogens with zero attached hydrogens (tertiary/aromatic N) is 2. The molecule has 0 amide bonds. The molecule has 0 spiro atoms. The second-order valence-corrected chi connectivity index (χ2v) is 3.96. The van der Waals surface area contributed by atoms with Crippen LogP contribution in [0.4, 0.5) is 0 Å². The van der Waals surface area contributed by atoms with Crippen molar-refractivity contribution in [2.24, 2.45) is 0 Å². The summed E-state index contributed by atoms with van der Waals surface area (Å²) in [5.74, 6) is 1.70. The van der Waals surface area contributed by atoms with Gasteiger partial charge in [-0.2, -0.15) is 0 Å². The minimum atomic E-state index is 0.829. The topological polar surface area (TPSA) is 47.0 Å². The van der Waals surface area contributed by atoms with Crippen LogP contribution in [-0.4, -0.2) is 30.7 Å². The zero-order valence-corrected chi connectivity index (χ0v) is 10.4. The number of hydrogen-bond donors (Lipinski definition) is 1. The summed E-state index contributed by atoms with van der Waals surface area (Å²) < 4.78 is 5.21. The van der Waals surface area contributed by atoms with Crippen molar-refractivity contribution in [2.75, 3.05) is 20.7 Å². The molecule has 1 aromatic carbocycles. The van der Waals surface area contributed by atoms with E-state index in [1.165, 1.54) is 0 Å². The minimum Gasteiger partial charge on any atom is -0.497 e. The summed E-state index contributed by atoms with van der Waals surface area (Å²) in [7, 11) is 3.59. The van der Waals surface area contributed by atoms with Crippen LogP contribution in [0.2, 0.25) is 0 Å². The van der Waals surface area contributed by atoms with Gasteiger partial charge in [0.1, 0.15) is 11.6 Å². The monoisotopic (exact) mass is 231 g/mol. The van der Waals surface area contributed by atoms with Crippen molar-refractivity contribution >= 4 is 10.9 Å². The number of methoxy groups -OCH3 is 1. The van der Waals surface area contributed by atoms with Crippen LogP contribution >= 0.6 is 0 Å². The number of hydrogen-bond acceptors (Lipinski definition) is 4. The third-order valence-electron chi connectivity index (χ3n) is 2.74. The molecule has 0 saturated carbocycles. The molecule has 17 heavy (non-hydrogen) atoms. The summed E-state index contributed by atoms with van der Waals surface area (Å²) in [6.07, 6.45) is 0.838. The van der Waals surface area contributed by atoms with Gasteiger partial charge < -0.3 is 10.1 Å². The molecule has 90 valence electrons. The molecule has 0 bridgehead atoms. The Morgan fingerprint density at radius 3 is 2.82 bits per heavy atom. The van der Waals surface area contributed by atoms with Crippen LogP contribution in [0.3, 0.4) is 0 Å². The Labute approximate surface area is 101 Å². The highest BCUT2D eigenvalue weighted by atomic mass is 16.5. The lowest BCUT2D eigenvalue weighted by Crippen LogP contribution is -2.12. The van der Waals surface area contributed by atoms with Crippen molar-refractivity contribution in [3.05, 3.63) is 29.7 Å². The lowest BCUT2D eigenvalue weighted by Gasteiger charge is -2.07. The standard InChI is InChI=1S/C13H17N3O/c1-9-11-5-4-10(17-3)8-12(11)16-13(15-9)6-7-14-2/h4-5,8,14H,6-7H2,1-3H3. The van der Waals surface area contributed by atoms with Gasteiger partial charge in [-0.15, -0.1) is 0 Å². The Kier molecular flexibility index (Phi) is 3.54. The second kappa shape index (κ2) is 5.10. The van der Waals surface area contributed by atoms with E-state index in [2.05, 4.69) is 15.3 Å². The zero-order chi connectivity index (χ0) is 12.3. The van der Waals surface area contributed by atoms with E-state index in [0.717, 1.165) is 41.1 Å². The third kappa shape index (κ3) is 2.53. The molecule has 0 aliphatic heterocycles. The Balaban J connectivity index is 2.46. The number of benzene rings is 1. The van der Waals surface area contributed by atoms with Gasteiger partial charge in [0.2, 0.25) is 0 Å². The highest BCUT2D eigenvalue weighted by Gasteiger charge is 2.05. The van der Waals surface area contributed by atoms with E-state index in [1.54, 1.807) is 7.11 Å². The molecule has 2 rings (SSSR count). The minimum absolute atomic E-state index is 0.829. The number of aromatic nitrogens is 2. The molecule has 0 fully saturated rings. The summed E-state index contributed by atoms with van der Waals surface area (Å²) in [5, 5.41) is 4.18. The van der Waals surface area contributed by atoms with E-state index >= 15 is 0 Å². The van der Waals surface area contributed by atoms with E-state index in [-0.39, 0.29) is 0 Å². The highest BCUT2D eigenvalue weighted by Crippen LogP contribution is 2.21. The lowest BCUT2D eigenvalue weighted by molar-refractivity contribution is 0.415. The molecule has 1 heterocycles. The van der Waals surface area contributed by atoms with E-state index in [1.807, 2.05) is 32.2 Å². The molecule has 1 aromatic heterocycles. The molecular formula is C13H17N3O. The normalized spacial score (nSPS) is 10.8. The first-order valence-corrected chi connectivity index (χ1v) is 5.70. The first-order chi connectivity index (χ1) is 8.24. The molecule has 0 atom stereocenters. The fraction of sp³-hybridized carbons (Fsp3) is 0.385. The molecule has 0 aliphatic carbocycles. The molecule has 0 saturated heterocycles. The van der Waals surface area contributed by atoms with Crippen molar-refractivity contribution < 1.29 is 4.74 Å². The number of rotatable bonds is 4. The van der Waals surface area contributed by atoms with Gasteiger partial charge in [0, 0.05) is 30.1 Å². The SMILES string of the molecule is CNCCc1nc(C)c2ccc(OC)cc2n1. The predicted molar refractivity (Wildman–Crippen MR) is 68.5 cm³/mol. The highest BCUT2D eigenvalue weighted by molar-refractivity contribution is 5.82. The van der Waals surface area contributed by atoms with Crippen molar-refractivity contribution in [3.63, 3.8) is 0 Å². The molecule has 4 heteroatoms. The smallest absolute Gasteiger partial charge is 0.130 e. The van der Waals surface area contributed by atoms with E-state index in [0.29, 0.717) is 0 Å². The molecule has 1 N–H and O–H groups in total. The molecule has 0 radical (unpaired) electrons. The van der Waals surface area contributed by atoms with Gasteiger partial charge in [-0.25, -0.2) is 9.97 Å². The van der Waals surface area contributed by atoms with Crippen LogP contribution in [0.5, 0.6) is 5.75 Å². The van der Waals surface area contributed by atoms with Gasteiger partial charge in [0.05, 0.1) is 12.6 Å². The number of ether oxygens (including phenoxy) is 1. The third-order valence-corrected chi connectivity index (χ3v) is 2.74. The summed E-state index contributed by atoms with van der Waals surface area (Å²) in [5.41, 5.74) is 1.96. The lowest BCUT2D eigenvalue weighted by atomic mass is 10.2.